The third-order valence-corrected chi connectivity index (χ3v) is 1.96. The average molecular weight is 228 g/mol. The molecule has 88 valence electrons. The molecule has 0 spiro atoms. The summed E-state index contributed by atoms with van der Waals surface area (Å²) in [4.78, 5) is 11.4. The lowest BCUT2D eigenvalue weighted by atomic mass is 10.1. The predicted octanol–water partition coefficient (Wildman–Crippen LogP) is 2.50. The second-order valence-electron chi connectivity index (χ2n) is 3.82. The highest BCUT2D eigenvalue weighted by Crippen LogP contribution is 2.09. The lowest BCUT2D eigenvalue weighted by Gasteiger charge is -2.06. The van der Waals surface area contributed by atoms with Crippen LogP contribution in [0.2, 0.25) is 0 Å². The molecule has 2 nitrogen and oxygen atoms in total. The second-order valence-corrected chi connectivity index (χ2v) is 3.82. The second kappa shape index (κ2) is 5.70. The van der Waals surface area contributed by atoms with Crippen molar-refractivity contribution < 1.29 is 18.3 Å². The van der Waals surface area contributed by atoms with Gasteiger partial charge in [-0.25, -0.2) is 8.78 Å². The summed E-state index contributed by atoms with van der Waals surface area (Å²) in [6.45, 7) is 3.65. The van der Waals surface area contributed by atoms with E-state index in [4.69, 9.17) is 4.74 Å². The van der Waals surface area contributed by atoms with Gasteiger partial charge >= 0.3 is 0 Å². The minimum atomic E-state index is -0.935. The molecule has 0 aromatic heterocycles. The van der Waals surface area contributed by atoms with Gasteiger partial charge < -0.3 is 4.74 Å². The number of benzene rings is 1. The van der Waals surface area contributed by atoms with Crippen LogP contribution < -0.4 is 0 Å². The van der Waals surface area contributed by atoms with Gasteiger partial charge in [0.25, 0.3) is 0 Å². The van der Waals surface area contributed by atoms with Gasteiger partial charge in [-0.2, -0.15) is 0 Å². The van der Waals surface area contributed by atoms with Gasteiger partial charge in [0.05, 0.1) is 6.10 Å². The Kier molecular flexibility index (Phi) is 4.55. The fourth-order valence-corrected chi connectivity index (χ4v) is 1.19. The van der Waals surface area contributed by atoms with Gasteiger partial charge in [-0.3, -0.25) is 4.79 Å². The van der Waals surface area contributed by atoms with Crippen LogP contribution in [0.4, 0.5) is 8.78 Å². The number of carbonyl (C=O) groups is 1. The van der Waals surface area contributed by atoms with E-state index >= 15 is 0 Å². The van der Waals surface area contributed by atoms with Crippen molar-refractivity contribution in [1.82, 2.24) is 0 Å². The van der Waals surface area contributed by atoms with Gasteiger partial charge in [0.1, 0.15) is 6.61 Å². The largest absolute Gasteiger partial charge is 0.371 e. The number of ether oxygens (including phenoxy) is 1. The van der Waals surface area contributed by atoms with Gasteiger partial charge in [0, 0.05) is 6.42 Å². The molecule has 0 N–H and O–H groups in total. The van der Waals surface area contributed by atoms with Crippen LogP contribution in [0.15, 0.2) is 18.2 Å². The van der Waals surface area contributed by atoms with Gasteiger partial charge in [-0.05, 0) is 31.5 Å². The van der Waals surface area contributed by atoms with Crippen molar-refractivity contribution in [2.75, 3.05) is 6.61 Å². The van der Waals surface area contributed by atoms with Gasteiger partial charge in [0.15, 0.2) is 17.4 Å². The van der Waals surface area contributed by atoms with Gasteiger partial charge in [-0.15, -0.1) is 0 Å². The molecule has 1 aromatic carbocycles. The number of hydrogen-bond donors (Lipinski definition) is 0. The van der Waals surface area contributed by atoms with E-state index in [0.717, 1.165) is 12.1 Å². The molecular formula is C12H14F2O2. The molecule has 0 atom stereocenters. The average Bonchev–Trinajstić information content (AvgIpc) is 2.21. The topological polar surface area (TPSA) is 26.3 Å². The fraction of sp³-hybridized carbons (Fsp3) is 0.417. The van der Waals surface area contributed by atoms with Crippen molar-refractivity contribution in [2.24, 2.45) is 0 Å². The molecule has 1 aromatic rings. The van der Waals surface area contributed by atoms with Crippen LogP contribution in [0.25, 0.3) is 0 Å². The van der Waals surface area contributed by atoms with Crippen LogP contribution in [0, 0.1) is 11.6 Å². The summed E-state index contributed by atoms with van der Waals surface area (Å²) >= 11 is 0. The number of Topliss-reactive ketones (excluding diaryl/α,β-unsaturated/α-hetero) is 1. The highest BCUT2D eigenvalue weighted by molar-refractivity contribution is 5.82. The standard InChI is InChI=1S/C12H14F2O2/c1-8(2)16-7-10(15)5-9-3-4-11(13)12(14)6-9/h3-4,6,8H,5,7H2,1-2H3. The van der Waals surface area contributed by atoms with Crippen LogP contribution in [-0.4, -0.2) is 18.5 Å². The van der Waals surface area contributed by atoms with Crippen molar-refractivity contribution in [3.05, 3.63) is 35.4 Å². The Labute approximate surface area is 93.2 Å². The first-order valence-electron chi connectivity index (χ1n) is 5.06. The summed E-state index contributed by atoms with van der Waals surface area (Å²) < 4.78 is 30.5. The number of ketones is 1. The summed E-state index contributed by atoms with van der Waals surface area (Å²) in [6.07, 6.45) is 0.0399. The molecule has 0 aliphatic carbocycles. The van der Waals surface area contributed by atoms with Crippen LogP contribution >= 0.6 is 0 Å². The Morgan fingerprint density at radius 3 is 2.56 bits per heavy atom. The van der Waals surface area contributed by atoms with Gasteiger partial charge in [-0.1, -0.05) is 6.07 Å². The van der Waals surface area contributed by atoms with E-state index in [0.29, 0.717) is 5.56 Å². The fourth-order valence-electron chi connectivity index (χ4n) is 1.19. The highest BCUT2D eigenvalue weighted by Gasteiger charge is 2.08. The van der Waals surface area contributed by atoms with E-state index in [9.17, 15) is 13.6 Å². The lowest BCUT2D eigenvalue weighted by Crippen LogP contribution is -2.15. The van der Waals surface area contributed by atoms with Gasteiger partial charge in [0.2, 0.25) is 0 Å². The normalized spacial score (nSPS) is 10.8. The molecule has 0 heterocycles. The Bertz CT molecular complexity index is 375. The first-order valence-corrected chi connectivity index (χ1v) is 5.06. The first-order chi connectivity index (χ1) is 7.49. The lowest BCUT2D eigenvalue weighted by molar-refractivity contribution is -0.124. The molecule has 16 heavy (non-hydrogen) atoms. The highest BCUT2D eigenvalue weighted by atomic mass is 19.2. The van der Waals surface area contributed by atoms with E-state index in [1.165, 1.54) is 6.07 Å². The number of rotatable bonds is 5. The molecule has 0 aliphatic heterocycles. The smallest absolute Gasteiger partial charge is 0.162 e. The zero-order valence-electron chi connectivity index (χ0n) is 9.30. The zero-order chi connectivity index (χ0) is 12.1. The summed E-state index contributed by atoms with van der Waals surface area (Å²) in [5.41, 5.74) is 0.455. The molecule has 0 saturated heterocycles. The quantitative estimate of drug-likeness (QED) is 0.774. The summed E-state index contributed by atoms with van der Waals surface area (Å²) in [5, 5.41) is 0. The predicted molar refractivity (Wildman–Crippen MR) is 56.2 cm³/mol. The Morgan fingerprint density at radius 2 is 2.00 bits per heavy atom. The molecule has 0 unspecified atom stereocenters. The first kappa shape index (κ1) is 12.8. The Balaban J connectivity index is 2.53. The van der Waals surface area contributed by atoms with E-state index in [1.54, 1.807) is 0 Å². The third kappa shape index (κ3) is 4.06. The summed E-state index contributed by atoms with van der Waals surface area (Å²) in [7, 11) is 0. The molecule has 1 rings (SSSR count). The Morgan fingerprint density at radius 1 is 1.31 bits per heavy atom. The monoisotopic (exact) mass is 228 g/mol. The van der Waals surface area contributed by atoms with Crippen LogP contribution in [0.5, 0.6) is 0 Å². The van der Waals surface area contributed by atoms with Crippen molar-refractivity contribution in [3.63, 3.8) is 0 Å². The van der Waals surface area contributed by atoms with E-state index in [-0.39, 0.29) is 24.9 Å². The maximum Gasteiger partial charge on any atom is 0.162 e. The van der Waals surface area contributed by atoms with Crippen molar-refractivity contribution in [3.8, 4) is 0 Å². The van der Waals surface area contributed by atoms with E-state index in [1.807, 2.05) is 13.8 Å². The van der Waals surface area contributed by atoms with Crippen LogP contribution in [0.3, 0.4) is 0 Å². The molecule has 4 heteroatoms. The van der Waals surface area contributed by atoms with Crippen molar-refractivity contribution in [1.29, 1.82) is 0 Å². The van der Waals surface area contributed by atoms with Crippen LogP contribution in [-0.2, 0) is 16.0 Å². The molecule has 0 radical (unpaired) electrons. The minimum absolute atomic E-state index is 0.00331. The zero-order valence-corrected chi connectivity index (χ0v) is 9.30. The van der Waals surface area contributed by atoms with E-state index in [2.05, 4.69) is 0 Å². The molecule has 0 aliphatic rings. The molecule has 0 fully saturated rings. The molecule has 0 amide bonds. The van der Waals surface area contributed by atoms with Crippen LogP contribution in [0.1, 0.15) is 19.4 Å². The maximum atomic E-state index is 12.8. The SMILES string of the molecule is CC(C)OCC(=O)Cc1ccc(F)c(F)c1. The third-order valence-electron chi connectivity index (χ3n) is 1.96. The summed E-state index contributed by atoms with van der Waals surface area (Å²) in [6, 6.07) is 3.44. The number of hydrogen-bond acceptors (Lipinski definition) is 2. The van der Waals surface area contributed by atoms with Crippen molar-refractivity contribution in [2.45, 2.75) is 26.4 Å². The maximum absolute atomic E-state index is 12.8. The van der Waals surface area contributed by atoms with E-state index < -0.39 is 11.6 Å². The molecule has 0 saturated carbocycles. The molecular weight excluding hydrogens is 214 g/mol. The summed E-state index contributed by atoms with van der Waals surface area (Å²) in [5.74, 6) is -2.00. The number of carbonyl (C=O) groups excluding carboxylic acids is 1. The van der Waals surface area contributed by atoms with Crippen molar-refractivity contribution >= 4 is 5.78 Å². The molecule has 0 bridgehead atoms. The Hall–Kier alpha value is -1.29. The number of halogens is 2. The minimum Gasteiger partial charge on any atom is -0.371 e.